The lowest BCUT2D eigenvalue weighted by Gasteiger charge is -2.27. The smallest absolute Gasteiger partial charge is 0.0507 e. The van der Waals surface area contributed by atoms with Crippen molar-refractivity contribution in [1.29, 1.82) is 0 Å². The molecule has 0 aliphatic carbocycles. The summed E-state index contributed by atoms with van der Waals surface area (Å²) in [5, 5.41) is 19.1. The van der Waals surface area contributed by atoms with Gasteiger partial charge in [-0.15, -0.1) is 11.8 Å². The van der Waals surface area contributed by atoms with Gasteiger partial charge in [0.1, 0.15) is 0 Å². The van der Waals surface area contributed by atoms with Gasteiger partial charge in [0.15, 0.2) is 0 Å². The average Bonchev–Trinajstić information content (AvgIpc) is 2.70. The molecule has 1 unspecified atom stereocenters. The first-order chi connectivity index (χ1) is 7.67. The van der Waals surface area contributed by atoms with Crippen LogP contribution in [0.15, 0.2) is 29.2 Å². The number of aliphatic hydroxyl groups excluding tert-OH is 2. The zero-order chi connectivity index (χ0) is 11.6. The maximum absolute atomic E-state index is 9.29. The van der Waals surface area contributed by atoms with Crippen molar-refractivity contribution in [1.82, 2.24) is 0 Å². The van der Waals surface area contributed by atoms with Gasteiger partial charge in [0, 0.05) is 15.6 Å². The van der Waals surface area contributed by atoms with E-state index in [1.807, 2.05) is 18.7 Å². The van der Waals surface area contributed by atoms with E-state index in [4.69, 9.17) is 0 Å². The van der Waals surface area contributed by atoms with Gasteiger partial charge in [-0.25, -0.2) is 0 Å². The van der Waals surface area contributed by atoms with Gasteiger partial charge in [-0.05, 0) is 24.5 Å². The Morgan fingerprint density at radius 1 is 1.31 bits per heavy atom. The van der Waals surface area contributed by atoms with Gasteiger partial charge < -0.3 is 10.2 Å². The predicted octanol–water partition coefficient (Wildman–Crippen LogP) is 2.08. The predicted molar refractivity (Wildman–Crippen MR) is 66.7 cm³/mol. The fourth-order valence-corrected chi connectivity index (χ4v) is 3.66. The van der Waals surface area contributed by atoms with Crippen LogP contribution in [0.3, 0.4) is 0 Å². The van der Waals surface area contributed by atoms with E-state index in [2.05, 4.69) is 24.3 Å². The lowest BCUT2D eigenvalue weighted by atomic mass is 9.86. The van der Waals surface area contributed by atoms with Crippen molar-refractivity contribution in [3.63, 3.8) is 0 Å². The number of fused-ring (bicyclic) bond motifs is 1. The summed E-state index contributed by atoms with van der Waals surface area (Å²) in [4.78, 5) is 1.35. The van der Waals surface area contributed by atoms with Gasteiger partial charge in [-0.1, -0.05) is 25.1 Å². The van der Waals surface area contributed by atoms with Crippen molar-refractivity contribution in [2.24, 2.45) is 5.41 Å². The third kappa shape index (κ3) is 2.42. The molecule has 1 atom stereocenters. The van der Waals surface area contributed by atoms with Crippen LogP contribution in [0.4, 0.5) is 0 Å². The zero-order valence-corrected chi connectivity index (χ0v) is 10.3. The number of thioether (sulfide) groups is 1. The summed E-state index contributed by atoms with van der Waals surface area (Å²) in [5.74, 6) is 0. The molecule has 0 saturated heterocycles. The molecule has 2 N–H and O–H groups in total. The number of benzene rings is 1. The fraction of sp³-hybridized carbons (Fsp3) is 0.538. The van der Waals surface area contributed by atoms with Gasteiger partial charge in [-0.3, -0.25) is 0 Å². The fourth-order valence-electron chi connectivity index (χ4n) is 2.10. The molecule has 0 spiro atoms. The Morgan fingerprint density at radius 2 is 2.00 bits per heavy atom. The highest BCUT2D eigenvalue weighted by Gasteiger charge is 2.31. The van der Waals surface area contributed by atoms with Gasteiger partial charge in [0.2, 0.25) is 0 Å². The standard InChI is InChI=1S/C13H18O2S/c1-13(8-14,9-15)7-11-6-10-4-2-3-5-12(10)16-11/h2-5,11,14-15H,6-9H2,1H3. The minimum Gasteiger partial charge on any atom is -0.396 e. The maximum atomic E-state index is 9.29. The highest BCUT2D eigenvalue weighted by Crippen LogP contribution is 2.41. The maximum Gasteiger partial charge on any atom is 0.0507 e. The molecule has 1 aromatic carbocycles. The first kappa shape index (κ1) is 12.0. The van der Waals surface area contributed by atoms with Gasteiger partial charge in [0.25, 0.3) is 0 Å². The molecular formula is C13H18O2S. The van der Waals surface area contributed by atoms with Crippen molar-refractivity contribution in [2.75, 3.05) is 13.2 Å². The molecule has 0 aromatic heterocycles. The SMILES string of the molecule is CC(CO)(CO)CC1Cc2ccccc2S1. The second-order valence-electron chi connectivity index (χ2n) is 4.88. The highest BCUT2D eigenvalue weighted by atomic mass is 32.2. The van der Waals surface area contributed by atoms with E-state index in [1.54, 1.807) is 0 Å². The normalized spacial score (nSPS) is 19.8. The highest BCUT2D eigenvalue weighted by molar-refractivity contribution is 8.00. The largest absolute Gasteiger partial charge is 0.396 e. The molecule has 1 heterocycles. The molecule has 0 radical (unpaired) electrons. The Kier molecular flexibility index (Phi) is 3.57. The first-order valence-corrected chi connectivity index (χ1v) is 6.51. The summed E-state index contributed by atoms with van der Waals surface area (Å²) in [6.45, 7) is 2.05. The molecule has 2 nitrogen and oxygen atoms in total. The van der Waals surface area contributed by atoms with E-state index >= 15 is 0 Å². The van der Waals surface area contributed by atoms with Crippen LogP contribution in [0.25, 0.3) is 0 Å². The molecule has 16 heavy (non-hydrogen) atoms. The van der Waals surface area contributed by atoms with Crippen molar-refractivity contribution in [3.05, 3.63) is 29.8 Å². The average molecular weight is 238 g/mol. The Hall–Kier alpha value is -0.510. The molecule has 2 rings (SSSR count). The van der Waals surface area contributed by atoms with Crippen LogP contribution in [-0.2, 0) is 6.42 Å². The topological polar surface area (TPSA) is 40.5 Å². The molecule has 1 aliphatic rings. The van der Waals surface area contributed by atoms with E-state index in [0.717, 1.165) is 12.8 Å². The second-order valence-corrected chi connectivity index (χ2v) is 6.22. The zero-order valence-electron chi connectivity index (χ0n) is 9.52. The van der Waals surface area contributed by atoms with Crippen molar-refractivity contribution in [2.45, 2.75) is 29.9 Å². The summed E-state index contributed by atoms with van der Waals surface area (Å²) in [6, 6.07) is 8.44. The first-order valence-electron chi connectivity index (χ1n) is 5.63. The Labute approximate surface area is 101 Å². The van der Waals surface area contributed by atoms with E-state index in [1.165, 1.54) is 10.5 Å². The van der Waals surface area contributed by atoms with Crippen LogP contribution >= 0.6 is 11.8 Å². The lowest BCUT2D eigenvalue weighted by molar-refractivity contribution is 0.0627. The molecule has 0 fully saturated rings. The molecule has 0 amide bonds. The van der Waals surface area contributed by atoms with Crippen LogP contribution in [0.5, 0.6) is 0 Å². The van der Waals surface area contributed by atoms with Crippen LogP contribution in [0.1, 0.15) is 18.9 Å². The summed E-state index contributed by atoms with van der Waals surface area (Å²) in [7, 11) is 0. The second kappa shape index (κ2) is 4.78. The van der Waals surface area contributed by atoms with E-state index < -0.39 is 0 Å². The van der Waals surface area contributed by atoms with Crippen molar-refractivity contribution < 1.29 is 10.2 Å². The Bertz CT molecular complexity index is 336. The molecule has 3 heteroatoms. The van der Waals surface area contributed by atoms with Gasteiger partial charge in [-0.2, -0.15) is 0 Å². The van der Waals surface area contributed by atoms with Crippen LogP contribution in [-0.4, -0.2) is 28.7 Å². The lowest BCUT2D eigenvalue weighted by Crippen LogP contribution is -2.29. The van der Waals surface area contributed by atoms with Crippen LogP contribution < -0.4 is 0 Å². The van der Waals surface area contributed by atoms with Gasteiger partial charge in [0.05, 0.1) is 13.2 Å². The third-order valence-electron chi connectivity index (χ3n) is 3.20. The number of rotatable bonds is 4. The van der Waals surface area contributed by atoms with E-state index in [9.17, 15) is 10.2 Å². The van der Waals surface area contributed by atoms with E-state index in [-0.39, 0.29) is 18.6 Å². The minimum absolute atomic E-state index is 0.0525. The summed E-state index contributed by atoms with van der Waals surface area (Å²) in [5.41, 5.74) is 1.05. The number of hydrogen-bond donors (Lipinski definition) is 2. The quantitative estimate of drug-likeness (QED) is 0.844. The molecule has 1 aliphatic heterocycles. The summed E-state index contributed by atoms with van der Waals surface area (Å²) in [6.07, 6.45) is 1.91. The minimum atomic E-state index is -0.348. The van der Waals surface area contributed by atoms with Crippen molar-refractivity contribution >= 4 is 11.8 Å². The molecule has 0 bridgehead atoms. The molecule has 1 aromatic rings. The molecule has 88 valence electrons. The van der Waals surface area contributed by atoms with Gasteiger partial charge >= 0.3 is 0 Å². The molecular weight excluding hydrogens is 220 g/mol. The Balaban J connectivity index is 2.02. The third-order valence-corrected chi connectivity index (χ3v) is 4.52. The van der Waals surface area contributed by atoms with E-state index in [0.29, 0.717) is 5.25 Å². The summed E-state index contributed by atoms with van der Waals surface area (Å²) >= 11 is 1.87. The number of hydrogen-bond acceptors (Lipinski definition) is 3. The van der Waals surface area contributed by atoms with Crippen LogP contribution in [0.2, 0.25) is 0 Å². The monoisotopic (exact) mass is 238 g/mol. The summed E-state index contributed by atoms with van der Waals surface area (Å²) < 4.78 is 0. The van der Waals surface area contributed by atoms with Crippen molar-refractivity contribution in [3.8, 4) is 0 Å². The Morgan fingerprint density at radius 3 is 2.62 bits per heavy atom. The number of aliphatic hydroxyl groups is 2. The molecule has 0 saturated carbocycles. The van der Waals surface area contributed by atoms with Crippen LogP contribution in [0, 0.1) is 5.41 Å².